The first-order chi connectivity index (χ1) is 12.5. The molecule has 2 aromatic carbocycles. The van der Waals surface area contributed by atoms with Gasteiger partial charge in [0.15, 0.2) is 0 Å². The van der Waals surface area contributed by atoms with Crippen molar-refractivity contribution >= 4 is 11.5 Å². The van der Waals surface area contributed by atoms with Gasteiger partial charge in [0.1, 0.15) is 12.1 Å². The molecule has 0 saturated carbocycles. The Kier molecular flexibility index (Phi) is 5.07. The Morgan fingerprint density at radius 2 is 1.77 bits per heavy atom. The van der Waals surface area contributed by atoms with E-state index >= 15 is 0 Å². The number of nitro groups is 1. The molecule has 1 unspecified atom stereocenters. The van der Waals surface area contributed by atoms with E-state index < -0.39 is 4.92 Å². The molecule has 3 aromatic rings. The number of ether oxygens (including phenoxy) is 1. The van der Waals surface area contributed by atoms with Crippen molar-refractivity contribution in [1.82, 2.24) is 9.97 Å². The summed E-state index contributed by atoms with van der Waals surface area (Å²) in [5.41, 5.74) is 1.76. The second-order valence-corrected chi connectivity index (χ2v) is 5.82. The van der Waals surface area contributed by atoms with Gasteiger partial charge in [-0.3, -0.25) is 10.1 Å². The SMILES string of the molecule is Cc1ccc(Oc2ncnc(NC(C)c3ccccc3)c2[N+](=O)[O-])cc1. The quantitative estimate of drug-likeness (QED) is 0.514. The Bertz CT molecular complexity index is 898. The summed E-state index contributed by atoms with van der Waals surface area (Å²) in [5.74, 6) is 0.486. The summed E-state index contributed by atoms with van der Waals surface area (Å²) in [7, 11) is 0. The van der Waals surface area contributed by atoms with E-state index in [2.05, 4.69) is 15.3 Å². The monoisotopic (exact) mass is 350 g/mol. The fraction of sp³-hybridized carbons (Fsp3) is 0.158. The third-order valence-corrected chi connectivity index (χ3v) is 3.86. The molecule has 1 heterocycles. The third-order valence-electron chi connectivity index (χ3n) is 3.86. The van der Waals surface area contributed by atoms with Gasteiger partial charge < -0.3 is 10.1 Å². The maximum Gasteiger partial charge on any atom is 0.373 e. The molecule has 0 aliphatic heterocycles. The fourth-order valence-corrected chi connectivity index (χ4v) is 2.46. The van der Waals surface area contributed by atoms with Crippen LogP contribution in [0.5, 0.6) is 11.6 Å². The lowest BCUT2D eigenvalue weighted by Crippen LogP contribution is -2.11. The molecular weight excluding hydrogens is 332 g/mol. The molecule has 0 saturated heterocycles. The van der Waals surface area contributed by atoms with E-state index in [1.165, 1.54) is 6.33 Å². The number of nitrogens with zero attached hydrogens (tertiary/aromatic N) is 3. The lowest BCUT2D eigenvalue weighted by atomic mass is 10.1. The van der Waals surface area contributed by atoms with Crippen LogP contribution in [0.15, 0.2) is 60.9 Å². The molecule has 1 aromatic heterocycles. The maximum atomic E-state index is 11.6. The van der Waals surface area contributed by atoms with Crippen LogP contribution >= 0.6 is 0 Å². The number of rotatable bonds is 6. The van der Waals surface area contributed by atoms with Crippen molar-refractivity contribution in [2.75, 3.05) is 5.32 Å². The maximum absolute atomic E-state index is 11.6. The number of aromatic nitrogens is 2. The first-order valence-corrected chi connectivity index (χ1v) is 8.10. The van der Waals surface area contributed by atoms with Crippen molar-refractivity contribution in [3.8, 4) is 11.6 Å². The van der Waals surface area contributed by atoms with Crippen LogP contribution in [0.25, 0.3) is 0 Å². The molecule has 7 nitrogen and oxygen atoms in total. The van der Waals surface area contributed by atoms with Crippen LogP contribution in [0.3, 0.4) is 0 Å². The van der Waals surface area contributed by atoms with E-state index in [0.717, 1.165) is 11.1 Å². The Labute approximate surface area is 150 Å². The van der Waals surface area contributed by atoms with Crippen molar-refractivity contribution in [1.29, 1.82) is 0 Å². The van der Waals surface area contributed by atoms with Gasteiger partial charge in [0.2, 0.25) is 5.82 Å². The van der Waals surface area contributed by atoms with Crippen LogP contribution in [-0.2, 0) is 0 Å². The Hall–Kier alpha value is -3.48. The second-order valence-electron chi connectivity index (χ2n) is 5.82. The average Bonchev–Trinajstić information content (AvgIpc) is 2.64. The van der Waals surface area contributed by atoms with Crippen molar-refractivity contribution in [2.45, 2.75) is 19.9 Å². The minimum absolute atomic E-state index is 0.100. The van der Waals surface area contributed by atoms with E-state index in [9.17, 15) is 10.1 Å². The Balaban J connectivity index is 1.91. The van der Waals surface area contributed by atoms with Gasteiger partial charge >= 0.3 is 11.6 Å². The molecule has 0 aliphatic carbocycles. The molecule has 132 valence electrons. The largest absolute Gasteiger partial charge is 0.434 e. The summed E-state index contributed by atoms with van der Waals surface area (Å²) in [6.07, 6.45) is 1.25. The Morgan fingerprint density at radius 1 is 1.08 bits per heavy atom. The van der Waals surface area contributed by atoms with Gasteiger partial charge in [-0.05, 0) is 31.5 Å². The molecule has 0 amide bonds. The van der Waals surface area contributed by atoms with Crippen LogP contribution < -0.4 is 10.1 Å². The number of hydrogen-bond acceptors (Lipinski definition) is 6. The van der Waals surface area contributed by atoms with Gasteiger partial charge in [0.05, 0.1) is 11.0 Å². The second kappa shape index (κ2) is 7.60. The number of anilines is 1. The molecule has 1 N–H and O–H groups in total. The Morgan fingerprint density at radius 3 is 2.42 bits per heavy atom. The normalized spacial score (nSPS) is 11.6. The van der Waals surface area contributed by atoms with E-state index in [1.54, 1.807) is 12.1 Å². The summed E-state index contributed by atoms with van der Waals surface area (Å²) in [5, 5.41) is 14.7. The molecule has 0 fully saturated rings. The molecule has 1 atom stereocenters. The summed E-state index contributed by atoms with van der Waals surface area (Å²) in [6, 6.07) is 16.6. The van der Waals surface area contributed by atoms with Gasteiger partial charge in [0.25, 0.3) is 0 Å². The molecule has 26 heavy (non-hydrogen) atoms. The highest BCUT2D eigenvalue weighted by atomic mass is 16.6. The number of benzene rings is 2. The highest BCUT2D eigenvalue weighted by Gasteiger charge is 2.26. The minimum Gasteiger partial charge on any atom is -0.434 e. The first-order valence-electron chi connectivity index (χ1n) is 8.10. The van der Waals surface area contributed by atoms with Crippen LogP contribution in [0, 0.1) is 17.0 Å². The smallest absolute Gasteiger partial charge is 0.373 e. The fourth-order valence-electron chi connectivity index (χ4n) is 2.46. The van der Waals surface area contributed by atoms with Crippen molar-refractivity contribution in [2.24, 2.45) is 0 Å². The van der Waals surface area contributed by atoms with Crippen molar-refractivity contribution in [3.63, 3.8) is 0 Å². The molecule has 7 heteroatoms. The summed E-state index contributed by atoms with van der Waals surface area (Å²) in [6.45, 7) is 3.85. The number of aryl methyl sites for hydroxylation is 1. The van der Waals surface area contributed by atoms with E-state index in [-0.39, 0.29) is 23.4 Å². The zero-order valence-electron chi connectivity index (χ0n) is 14.4. The standard InChI is InChI=1S/C19H18N4O3/c1-13-8-10-16(11-9-13)26-19-17(23(24)25)18(20-12-21-19)22-14(2)15-6-4-3-5-7-15/h3-12,14H,1-2H3,(H,20,21,22). The molecule has 3 rings (SSSR count). The number of nitrogens with one attached hydrogen (secondary N) is 1. The zero-order valence-corrected chi connectivity index (χ0v) is 14.4. The lowest BCUT2D eigenvalue weighted by molar-refractivity contribution is -0.385. The van der Waals surface area contributed by atoms with Crippen molar-refractivity contribution in [3.05, 3.63) is 82.2 Å². The van der Waals surface area contributed by atoms with Crippen LogP contribution in [0.1, 0.15) is 24.1 Å². The summed E-state index contributed by atoms with van der Waals surface area (Å²) in [4.78, 5) is 19.1. The minimum atomic E-state index is -0.538. The van der Waals surface area contributed by atoms with E-state index in [0.29, 0.717) is 5.75 Å². The number of hydrogen-bond donors (Lipinski definition) is 1. The van der Waals surface area contributed by atoms with Crippen molar-refractivity contribution < 1.29 is 9.66 Å². The summed E-state index contributed by atoms with van der Waals surface area (Å²) >= 11 is 0. The average molecular weight is 350 g/mol. The van der Waals surface area contributed by atoms with Gasteiger partial charge in [0, 0.05) is 0 Å². The predicted molar refractivity (Wildman–Crippen MR) is 98.4 cm³/mol. The van der Waals surface area contributed by atoms with Crippen LogP contribution in [0.2, 0.25) is 0 Å². The van der Waals surface area contributed by atoms with Gasteiger partial charge in [-0.2, -0.15) is 4.98 Å². The lowest BCUT2D eigenvalue weighted by Gasteiger charge is -2.15. The van der Waals surface area contributed by atoms with E-state index in [4.69, 9.17) is 4.74 Å². The molecule has 0 radical (unpaired) electrons. The van der Waals surface area contributed by atoms with Gasteiger partial charge in [-0.15, -0.1) is 0 Å². The zero-order chi connectivity index (χ0) is 18.5. The first kappa shape index (κ1) is 17.3. The predicted octanol–water partition coefficient (Wildman–Crippen LogP) is 4.66. The highest BCUT2D eigenvalue weighted by Crippen LogP contribution is 2.35. The van der Waals surface area contributed by atoms with Crippen LogP contribution in [0.4, 0.5) is 11.5 Å². The van der Waals surface area contributed by atoms with Gasteiger partial charge in [-0.25, -0.2) is 4.98 Å². The van der Waals surface area contributed by atoms with E-state index in [1.807, 2.05) is 56.3 Å². The summed E-state index contributed by atoms with van der Waals surface area (Å²) < 4.78 is 5.62. The topological polar surface area (TPSA) is 90.2 Å². The molecule has 0 bridgehead atoms. The highest BCUT2D eigenvalue weighted by molar-refractivity contribution is 5.62. The van der Waals surface area contributed by atoms with Gasteiger partial charge in [-0.1, -0.05) is 48.0 Å². The third kappa shape index (κ3) is 3.94. The van der Waals surface area contributed by atoms with Crippen LogP contribution in [-0.4, -0.2) is 14.9 Å². The molecule has 0 spiro atoms. The molecular formula is C19H18N4O3. The molecule has 0 aliphatic rings.